The Morgan fingerprint density at radius 1 is 1.37 bits per heavy atom. The molecule has 0 fully saturated rings. The largest absolute Gasteiger partial charge is 0.275 e. The summed E-state index contributed by atoms with van der Waals surface area (Å²) in [5.41, 5.74) is 1.25. The molecule has 2 rings (SSSR count). The van der Waals surface area contributed by atoms with E-state index in [1.54, 1.807) is 6.92 Å². The maximum atomic E-state index is 12.2. The minimum Gasteiger partial charge on any atom is -0.254 e. The van der Waals surface area contributed by atoms with Gasteiger partial charge in [0.25, 0.3) is 10.0 Å². The van der Waals surface area contributed by atoms with E-state index in [0.717, 1.165) is 17.0 Å². The molecule has 0 atom stereocenters. The molecule has 104 valence electrons. The first kappa shape index (κ1) is 14.7. The van der Waals surface area contributed by atoms with Crippen molar-refractivity contribution >= 4 is 49.4 Å². The van der Waals surface area contributed by atoms with Crippen LogP contribution in [0.5, 0.6) is 0 Å². The van der Waals surface area contributed by atoms with E-state index < -0.39 is 10.0 Å². The highest BCUT2D eigenvalue weighted by atomic mass is 35.5. The lowest BCUT2D eigenvalue weighted by Crippen LogP contribution is -2.12. The Morgan fingerprint density at radius 3 is 2.53 bits per heavy atom. The van der Waals surface area contributed by atoms with E-state index in [1.807, 2.05) is 19.2 Å². The Balaban J connectivity index is 2.28. The quantitative estimate of drug-likeness (QED) is 0.927. The summed E-state index contributed by atoms with van der Waals surface area (Å²) in [5, 5.41) is 2.20. The van der Waals surface area contributed by atoms with Gasteiger partial charge in [0.1, 0.15) is 0 Å². The Kier molecular flexibility index (Phi) is 4.14. The summed E-state index contributed by atoms with van der Waals surface area (Å²) >= 11 is 7.92. The third-order valence-corrected chi connectivity index (χ3v) is 6.42. The number of aromatic nitrogens is 2. The van der Waals surface area contributed by atoms with Crippen LogP contribution in [0, 0.1) is 6.92 Å². The number of hydrogen-bond acceptors (Lipinski definition) is 6. The van der Waals surface area contributed by atoms with Gasteiger partial charge < -0.3 is 0 Å². The molecule has 0 amide bonds. The predicted molar refractivity (Wildman–Crippen MR) is 78.9 cm³/mol. The van der Waals surface area contributed by atoms with Gasteiger partial charge in [-0.3, -0.25) is 4.72 Å². The molecule has 0 aliphatic heterocycles. The summed E-state index contributed by atoms with van der Waals surface area (Å²) in [5.74, 6) is 0.258. The fourth-order valence-electron chi connectivity index (χ4n) is 1.36. The highest BCUT2D eigenvalue weighted by Crippen LogP contribution is 2.29. The zero-order valence-electron chi connectivity index (χ0n) is 10.5. The molecule has 0 saturated heterocycles. The summed E-state index contributed by atoms with van der Waals surface area (Å²) in [6, 6.07) is 0. The van der Waals surface area contributed by atoms with Crippen LogP contribution in [0.25, 0.3) is 0 Å². The van der Waals surface area contributed by atoms with Gasteiger partial charge in [0.2, 0.25) is 0 Å². The smallest absolute Gasteiger partial charge is 0.254 e. The van der Waals surface area contributed by atoms with Crippen LogP contribution in [-0.2, 0) is 10.0 Å². The topological polar surface area (TPSA) is 72.0 Å². The molecule has 2 aromatic heterocycles. The summed E-state index contributed by atoms with van der Waals surface area (Å²) in [4.78, 5) is 8.14. The third-order valence-electron chi connectivity index (χ3n) is 2.31. The van der Waals surface area contributed by atoms with Gasteiger partial charge in [-0.1, -0.05) is 36.8 Å². The number of hydrogen-bond donors (Lipinski definition) is 1. The lowest BCUT2D eigenvalue weighted by molar-refractivity contribution is 0.602. The van der Waals surface area contributed by atoms with Crippen molar-refractivity contribution in [2.75, 3.05) is 4.72 Å². The van der Waals surface area contributed by atoms with Gasteiger partial charge in [0.05, 0.1) is 11.4 Å². The number of anilines is 1. The van der Waals surface area contributed by atoms with Gasteiger partial charge in [-0.05, 0) is 12.8 Å². The lowest BCUT2D eigenvalue weighted by Gasteiger charge is -2.03. The van der Waals surface area contributed by atoms with Crippen LogP contribution in [0.2, 0.25) is 4.47 Å². The van der Waals surface area contributed by atoms with Crippen molar-refractivity contribution < 1.29 is 8.42 Å². The van der Waals surface area contributed by atoms with Crippen LogP contribution in [0.3, 0.4) is 0 Å². The van der Waals surface area contributed by atoms with Crippen LogP contribution in [0.15, 0.2) is 9.59 Å². The number of aryl methyl sites for hydroxylation is 1. The van der Waals surface area contributed by atoms with E-state index in [0.29, 0.717) is 10.8 Å². The van der Waals surface area contributed by atoms with Gasteiger partial charge in [-0.25, -0.2) is 18.4 Å². The van der Waals surface area contributed by atoms with Crippen molar-refractivity contribution in [3.63, 3.8) is 0 Å². The lowest BCUT2D eigenvalue weighted by atomic mass is 10.2. The zero-order chi connectivity index (χ0) is 14.2. The van der Waals surface area contributed by atoms with Crippen molar-refractivity contribution in [1.29, 1.82) is 0 Å². The van der Waals surface area contributed by atoms with E-state index >= 15 is 0 Å². The van der Waals surface area contributed by atoms with Crippen LogP contribution < -0.4 is 4.72 Å². The van der Waals surface area contributed by atoms with Gasteiger partial charge in [-0.2, -0.15) is 0 Å². The number of nitrogens with zero attached hydrogens (tertiary/aromatic N) is 2. The zero-order valence-corrected chi connectivity index (χ0v) is 13.7. The number of thiazole rings is 2. The van der Waals surface area contributed by atoms with E-state index in [9.17, 15) is 8.42 Å². The first-order valence-electron chi connectivity index (χ1n) is 5.41. The van der Waals surface area contributed by atoms with Crippen molar-refractivity contribution in [1.82, 2.24) is 9.97 Å². The molecule has 5 nitrogen and oxygen atoms in total. The summed E-state index contributed by atoms with van der Waals surface area (Å²) in [6.45, 7) is 5.61. The number of sulfonamides is 1. The Bertz CT molecular complexity index is 691. The Labute approximate surface area is 124 Å². The maximum Gasteiger partial charge on any atom is 0.275 e. The molecule has 0 aliphatic carbocycles. The maximum absolute atomic E-state index is 12.2. The fourth-order valence-corrected chi connectivity index (χ4v) is 5.22. The van der Waals surface area contributed by atoms with Gasteiger partial charge >= 0.3 is 0 Å². The fraction of sp³-hybridized carbons (Fsp3) is 0.400. The van der Waals surface area contributed by atoms with Crippen LogP contribution in [0.1, 0.15) is 31.2 Å². The van der Waals surface area contributed by atoms with Crippen LogP contribution in [0.4, 0.5) is 5.13 Å². The molecule has 19 heavy (non-hydrogen) atoms. The van der Waals surface area contributed by atoms with E-state index in [-0.39, 0.29) is 14.6 Å². The standard InChI is InChI=1S/C10H12ClN3O2S3/c1-5(2)7-4-17-10(13-7)14-19(15,16)8-6(3)12-9(11)18-8/h4-5H,1-3H3,(H,13,14). The molecular formula is C10H12ClN3O2S3. The average Bonchev–Trinajstić information content (AvgIpc) is 2.85. The van der Waals surface area contributed by atoms with E-state index in [1.165, 1.54) is 11.3 Å². The Hall–Kier alpha value is -0.700. The van der Waals surface area contributed by atoms with Crippen molar-refractivity contribution in [3.05, 3.63) is 21.2 Å². The van der Waals surface area contributed by atoms with E-state index in [2.05, 4.69) is 14.7 Å². The molecule has 0 unspecified atom stereocenters. The monoisotopic (exact) mass is 337 g/mol. The van der Waals surface area contributed by atoms with Gasteiger partial charge in [0.15, 0.2) is 13.8 Å². The minimum absolute atomic E-state index is 0.124. The average molecular weight is 338 g/mol. The summed E-state index contributed by atoms with van der Waals surface area (Å²) in [6.07, 6.45) is 0. The molecule has 0 spiro atoms. The Morgan fingerprint density at radius 2 is 2.05 bits per heavy atom. The molecule has 0 aliphatic rings. The van der Waals surface area contributed by atoms with Gasteiger partial charge in [-0.15, -0.1) is 11.3 Å². The van der Waals surface area contributed by atoms with Crippen molar-refractivity contribution in [2.45, 2.75) is 30.9 Å². The molecule has 0 saturated carbocycles. The second-order valence-corrected chi connectivity index (χ2v) is 8.49. The molecule has 1 N–H and O–H groups in total. The SMILES string of the molecule is Cc1nc(Cl)sc1S(=O)(=O)Nc1nc(C(C)C)cs1. The first-order chi connectivity index (χ1) is 8.79. The summed E-state index contributed by atoms with van der Waals surface area (Å²) in [7, 11) is -3.67. The molecule has 0 bridgehead atoms. The van der Waals surface area contributed by atoms with Crippen molar-refractivity contribution in [2.24, 2.45) is 0 Å². The normalized spacial score (nSPS) is 12.1. The first-order valence-corrected chi connectivity index (χ1v) is 8.96. The highest BCUT2D eigenvalue weighted by molar-refractivity contribution is 7.95. The van der Waals surface area contributed by atoms with E-state index in [4.69, 9.17) is 11.6 Å². The molecule has 2 heterocycles. The van der Waals surface area contributed by atoms with Crippen molar-refractivity contribution in [3.8, 4) is 0 Å². The summed E-state index contributed by atoms with van der Waals surface area (Å²) < 4.78 is 27.2. The molecule has 9 heteroatoms. The second-order valence-electron chi connectivity index (χ2n) is 4.18. The molecule has 0 radical (unpaired) electrons. The molecular weight excluding hydrogens is 326 g/mol. The minimum atomic E-state index is -3.67. The number of rotatable bonds is 4. The van der Waals surface area contributed by atoms with Crippen LogP contribution >= 0.6 is 34.3 Å². The number of nitrogens with one attached hydrogen (secondary N) is 1. The predicted octanol–water partition coefficient (Wildman–Crippen LogP) is 3.49. The third kappa shape index (κ3) is 3.25. The van der Waals surface area contributed by atoms with Crippen LogP contribution in [-0.4, -0.2) is 18.4 Å². The molecule has 0 aromatic carbocycles. The number of halogens is 1. The second kappa shape index (κ2) is 5.35. The highest BCUT2D eigenvalue weighted by Gasteiger charge is 2.22. The molecule has 2 aromatic rings. The van der Waals surface area contributed by atoms with Gasteiger partial charge in [0, 0.05) is 5.38 Å².